The van der Waals surface area contributed by atoms with Gasteiger partial charge in [0.15, 0.2) is 6.10 Å². The molecule has 0 amide bonds. The topological polar surface area (TPSA) is 78.9 Å². The van der Waals surface area contributed by atoms with Gasteiger partial charge in [0.2, 0.25) is 0 Å². The molecule has 0 aromatic heterocycles. The lowest BCUT2D eigenvalue weighted by molar-refractivity contribution is -0.167. The van der Waals surface area contributed by atoms with Gasteiger partial charge in [-0.15, -0.1) is 0 Å². The van der Waals surface area contributed by atoms with E-state index in [-0.39, 0.29) is 31.1 Å². The zero-order chi connectivity index (χ0) is 44.7. The van der Waals surface area contributed by atoms with E-state index in [1.807, 2.05) is 0 Å². The molecule has 0 heterocycles. The van der Waals surface area contributed by atoms with Crippen molar-refractivity contribution >= 4 is 17.9 Å². The average molecular weight is 863 g/mol. The molecule has 0 spiro atoms. The third-order valence-corrected chi connectivity index (χ3v) is 12.5. The Labute approximate surface area is 380 Å². The van der Waals surface area contributed by atoms with Crippen LogP contribution in [0.2, 0.25) is 0 Å². The van der Waals surface area contributed by atoms with E-state index in [1.54, 1.807) is 0 Å². The summed E-state index contributed by atoms with van der Waals surface area (Å²) in [7, 11) is 0. The summed E-state index contributed by atoms with van der Waals surface area (Å²) in [5.74, 6) is 0.817. The van der Waals surface area contributed by atoms with Crippen molar-refractivity contribution in [1.82, 2.24) is 0 Å². The van der Waals surface area contributed by atoms with E-state index in [4.69, 9.17) is 14.2 Å². The van der Waals surface area contributed by atoms with Crippen molar-refractivity contribution < 1.29 is 28.6 Å². The van der Waals surface area contributed by atoms with Crippen LogP contribution in [0, 0.1) is 11.8 Å². The van der Waals surface area contributed by atoms with Crippen LogP contribution in [-0.2, 0) is 28.6 Å². The molecular formula is C55H106O6. The third-order valence-electron chi connectivity index (χ3n) is 12.5. The number of carbonyl (C=O) groups is 3. The van der Waals surface area contributed by atoms with Crippen molar-refractivity contribution in [3.8, 4) is 0 Å². The number of carbonyl (C=O) groups excluding carboxylic acids is 3. The highest BCUT2D eigenvalue weighted by Crippen LogP contribution is 2.18. The first-order valence-electron chi connectivity index (χ1n) is 27.2. The molecule has 0 aliphatic heterocycles. The molecule has 0 N–H and O–H groups in total. The predicted molar refractivity (Wildman–Crippen MR) is 261 cm³/mol. The van der Waals surface area contributed by atoms with E-state index in [9.17, 15) is 14.4 Å². The van der Waals surface area contributed by atoms with Crippen LogP contribution in [0.3, 0.4) is 0 Å². The Morgan fingerprint density at radius 1 is 0.311 bits per heavy atom. The van der Waals surface area contributed by atoms with Gasteiger partial charge in [0.1, 0.15) is 13.2 Å². The lowest BCUT2D eigenvalue weighted by Gasteiger charge is -2.18. The Morgan fingerprint density at radius 3 is 0.803 bits per heavy atom. The van der Waals surface area contributed by atoms with Gasteiger partial charge in [0.25, 0.3) is 0 Å². The standard InChI is InChI=1S/C55H106O6/c1-6-7-8-9-10-11-12-13-14-21-27-32-37-42-47-55(58)61-52(49-60-54(57)46-41-36-31-26-22-17-19-24-29-34-39-44-51(4)5)48-59-53(56)45-40-35-30-25-20-16-15-18-23-28-33-38-43-50(2)3/h50-52H,6-49H2,1-5H3/t52-/m0/s1. The highest BCUT2D eigenvalue weighted by atomic mass is 16.6. The van der Waals surface area contributed by atoms with E-state index in [0.717, 1.165) is 69.6 Å². The molecule has 0 bridgehead atoms. The predicted octanol–water partition coefficient (Wildman–Crippen LogP) is 17.7. The molecule has 0 fully saturated rings. The Balaban J connectivity index is 4.31. The Bertz CT molecular complexity index is 931. The number of hydrogen-bond acceptors (Lipinski definition) is 6. The summed E-state index contributed by atoms with van der Waals surface area (Å²) in [6.45, 7) is 11.4. The van der Waals surface area contributed by atoms with Crippen molar-refractivity contribution in [3.63, 3.8) is 0 Å². The zero-order valence-corrected chi connectivity index (χ0v) is 41.8. The molecule has 6 heteroatoms. The van der Waals surface area contributed by atoms with E-state index in [0.29, 0.717) is 19.3 Å². The van der Waals surface area contributed by atoms with Crippen LogP contribution in [0.5, 0.6) is 0 Å². The monoisotopic (exact) mass is 863 g/mol. The lowest BCUT2D eigenvalue weighted by atomic mass is 10.0. The maximum Gasteiger partial charge on any atom is 0.306 e. The van der Waals surface area contributed by atoms with Gasteiger partial charge in [-0.3, -0.25) is 14.4 Å². The van der Waals surface area contributed by atoms with E-state index in [2.05, 4.69) is 34.6 Å². The number of ether oxygens (including phenoxy) is 3. The third kappa shape index (κ3) is 49.3. The molecule has 61 heavy (non-hydrogen) atoms. The van der Waals surface area contributed by atoms with Crippen molar-refractivity contribution in [1.29, 1.82) is 0 Å². The lowest BCUT2D eigenvalue weighted by Crippen LogP contribution is -2.30. The normalized spacial score (nSPS) is 12.0. The largest absolute Gasteiger partial charge is 0.462 e. The second-order valence-electron chi connectivity index (χ2n) is 19.8. The Morgan fingerprint density at radius 2 is 0.541 bits per heavy atom. The second kappa shape index (κ2) is 47.9. The quantitative estimate of drug-likeness (QED) is 0.0344. The van der Waals surface area contributed by atoms with Crippen molar-refractivity contribution in [2.75, 3.05) is 13.2 Å². The summed E-state index contributed by atoms with van der Waals surface area (Å²) in [5, 5.41) is 0. The average Bonchev–Trinajstić information content (AvgIpc) is 3.23. The van der Waals surface area contributed by atoms with E-state index in [1.165, 1.54) is 193 Å². The number of hydrogen-bond donors (Lipinski definition) is 0. The van der Waals surface area contributed by atoms with Gasteiger partial charge in [0.05, 0.1) is 0 Å². The number of rotatable bonds is 49. The summed E-state index contributed by atoms with van der Waals surface area (Å²) in [6.07, 6.45) is 49.4. The molecule has 0 unspecified atom stereocenters. The van der Waals surface area contributed by atoms with Crippen LogP contribution in [0.15, 0.2) is 0 Å². The number of unbranched alkanes of at least 4 members (excludes halogenated alkanes) is 34. The van der Waals surface area contributed by atoms with Crippen LogP contribution in [0.25, 0.3) is 0 Å². The van der Waals surface area contributed by atoms with Gasteiger partial charge in [-0.05, 0) is 31.1 Å². The number of esters is 3. The SMILES string of the molecule is CCCCCCCCCCCCCCCCC(=O)O[C@@H](COC(=O)CCCCCCCCCCCCCCC(C)C)COC(=O)CCCCCCCCCCCCCC(C)C. The second-order valence-corrected chi connectivity index (χ2v) is 19.8. The van der Waals surface area contributed by atoms with E-state index < -0.39 is 6.10 Å². The highest BCUT2D eigenvalue weighted by Gasteiger charge is 2.19. The van der Waals surface area contributed by atoms with Crippen LogP contribution >= 0.6 is 0 Å². The molecule has 0 aliphatic rings. The summed E-state index contributed by atoms with van der Waals surface area (Å²) in [6, 6.07) is 0. The summed E-state index contributed by atoms with van der Waals surface area (Å²) in [5.41, 5.74) is 0. The minimum atomic E-state index is -0.762. The van der Waals surface area contributed by atoms with Crippen LogP contribution < -0.4 is 0 Å². The Hall–Kier alpha value is -1.59. The maximum atomic E-state index is 12.8. The molecule has 0 aromatic rings. The van der Waals surface area contributed by atoms with Crippen molar-refractivity contribution in [3.05, 3.63) is 0 Å². The van der Waals surface area contributed by atoms with Crippen LogP contribution in [-0.4, -0.2) is 37.2 Å². The Kier molecular flexibility index (Phi) is 46.6. The van der Waals surface area contributed by atoms with Crippen LogP contribution in [0.4, 0.5) is 0 Å². The minimum absolute atomic E-state index is 0.0632. The molecule has 0 saturated carbocycles. The summed E-state index contributed by atoms with van der Waals surface area (Å²) in [4.78, 5) is 38.0. The van der Waals surface area contributed by atoms with Gasteiger partial charge < -0.3 is 14.2 Å². The molecule has 362 valence electrons. The van der Waals surface area contributed by atoms with Gasteiger partial charge >= 0.3 is 17.9 Å². The minimum Gasteiger partial charge on any atom is -0.462 e. The fourth-order valence-electron chi connectivity index (χ4n) is 8.34. The van der Waals surface area contributed by atoms with E-state index >= 15 is 0 Å². The molecule has 0 saturated heterocycles. The first kappa shape index (κ1) is 59.4. The molecule has 0 aromatic carbocycles. The highest BCUT2D eigenvalue weighted by molar-refractivity contribution is 5.71. The van der Waals surface area contributed by atoms with Gasteiger partial charge in [-0.2, -0.15) is 0 Å². The first-order valence-corrected chi connectivity index (χ1v) is 27.2. The molecule has 0 rings (SSSR count). The summed E-state index contributed by atoms with van der Waals surface area (Å²) < 4.78 is 16.8. The fraction of sp³-hybridized carbons (Fsp3) is 0.945. The molecular weight excluding hydrogens is 757 g/mol. The smallest absolute Gasteiger partial charge is 0.306 e. The summed E-state index contributed by atoms with van der Waals surface area (Å²) >= 11 is 0. The van der Waals surface area contributed by atoms with Crippen molar-refractivity contribution in [2.45, 2.75) is 310 Å². The van der Waals surface area contributed by atoms with Crippen molar-refractivity contribution in [2.24, 2.45) is 11.8 Å². The first-order chi connectivity index (χ1) is 29.7. The van der Waals surface area contributed by atoms with Gasteiger partial charge in [0, 0.05) is 19.3 Å². The van der Waals surface area contributed by atoms with Crippen LogP contribution in [0.1, 0.15) is 304 Å². The molecule has 0 radical (unpaired) electrons. The fourth-order valence-corrected chi connectivity index (χ4v) is 8.34. The maximum absolute atomic E-state index is 12.8. The van der Waals surface area contributed by atoms with Gasteiger partial charge in [-0.25, -0.2) is 0 Å². The molecule has 0 aliphatic carbocycles. The molecule has 6 nitrogen and oxygen atoms in total. The van der Waals surface area contributed by atoms with Gasteiger partial charge in [-0.1, -0.05) is 266 Å². The zero-order valence-electron chi connectivity index (χ0n) is 41.8. The molecule has 1 atom stereocenters.